The van der Waals surface area contributed by atoms with E-state index in [0.29, 0.717) is 134 Å². The summed E-state index contributed by atoms with van der Waals surface area (Å²) < 4.78 is 2.38. The number of aromatic nitrogens is 4. The Bertz CT molecular complexity index is 5510. The number of hydrogen-bond acceptors (Lipinski definition) is 25. The van der Waals surface area contributed by atoms with Gasteiger partial charge in [0.15, 0.2) is 62.0 Å². The van der Waals surface area contributed by atoms with Gasteiger partial charge in [-0.25, -0.2) is 15.0 Å². The second-order valence-corrected chi connectivity index (χ2v) is 38.4. The molecule has 4 amide bonds. The molecule has 0 saturated carbocycles. The highest BCUT2D eigenvalue weighted by molar-refractivity contribution is 7.21. The van der Waals surface area contributed by atoms with Crippen LogP contribution in [0.2, 0.25) is 0 Å². The number of fused-ring (bicyclic) bond motifs is 5. The largest absolute Gasteiger partial charge is 0.384 e. The van der Waals surface area contributed by atoms with Crippen LogP contribution in [0.4, 0.5) is 0 Å². The number of benzene rings is 4. The highest BCUT2D eigenvalue weighted by Gasteiger charge is 2.37. The molecule has 0 bridgehead atoms. The zero-order valence-corrected chi connectivity index (χ0v) is 79.7. The van der Waals surface area contributed by atoms with Crippen molar-refractivity contribution in [2.24, 2.45) is 130 Å². The minimum absolute atomic E-state index is 0. The van der Waals surface area contributed by atoms with E-state index in [0.717, 1.165) is 48.3 Å². The maximum Gasteiger partial charge on any atom is 0.251 e. The van der Waals surface area contributed by atoms with Crippen molar-refractivity contribution in [3.8, 4) is 0 Å². The lowest BCUT2D eigenvalue weighted by molar-refractivity contribution is -0.130. The first-order valence-corrected chi connectivity index (χ1v) is 47.6. The molecule has 28 N–H and O–H groups in total. The molecule has 2 aliphatic rings. The molecule has 0 fully saturated rings. The van der Waals surface area contributed by atoms with E-state index in [1.54, 1.807) is 18.2 Å². The maximum absolute atomic E-state index is 14.0. The van der Waals surface area contributed by atoms with Gasteiger partial charge in [-0.15, -0.1) is 34.0 Å². The molecular formula is C96H136N24O11S3. The number of aromatic amines is 1. The minimum Gasteiger partial charge on any atom is -0.384 e. The number of guanidine groups is 4. The van der Waals surface area contributed by atoms with Crippen molar-refractivity contribution in [2.75, 3.05) is 26.2 Å². The van der Waals surface area contributed by atoms with E-state index >= 15 is 0 Å². The summed E-state index contributed by atoms with van der Waals surface area (Å²) in [4.78, 5) is 179. The number of rotatable bonds is 51. The normalized spacial score (nSPS) is 15.4. The van der Waals surface area contributed by atoms with Crippen molar-refractivity contribution in [3.63, 3.8) is 0 Å². The van der Waals surface area contributed by atoms with E-state index in [-0.39, 0.29) is 150 Å². The quantitative estimate of drug-likeness (QED) is 0.00733. The SMILES string of the molecule is C.CC(=O)[C@@H](NC(=O)c1ccc2nc(C(=O)[C@H](CCCN=C(N)N)CC(=O)[C@H](CC(C)C)NC(=O)[C@@H](N)CC3=CNC4C=CC=CC34)sc2c1)C(C)C.CC(C)C[C@H](CC(=O)[C@@H](N)CCCN=C(N)N)C(=O)N[C@@H](CCCN=C(N)N)C(=O)c1nc2ccccc2s1.CC(C)C[C@H](CC(=O)[C@@H](N)Cc1c[nH]c2ccccc12)C(=O)N[C@@H](CCCN=C(N)N)C(=O)c1nc2ccccc2s1. The molecule has 0 spiro atoms. The van der Waals surface area contributed by atoms with Crippen LogP contribution in [0.5, 0.6) is 0 Å². The second-order valence-electron chi connectivity index (χ2n) is 35.3. The van der Waals surface area contributed by atoms with E-state index in [1.165, 1.54) is 29.6 Å². The number of thiazole rings is 3. The first-order chi connectivity index (χ1) is 63.2. The molecule has 38 heteroatoms. The Morgan fingerprint density at radius 1 is 0.455 bits per heavy atom. The molecule has 724 valence electrons. The summed E-state index contributed by atoms with van der Waals surface area (Å²) in [7, 11) is 0. The van der Waals surface area contributed by atoms with Gasteiger partial charge in [-0.2, -0.15) is 0 Å². The van der Waals surface area contributed by atoms with Gasteiger partial charge in [0, 0.05) is 91.8 Å². The predicted octanol–water partition coefficient (Wildman–Crippen LogP) is 8.64. The Morgan fingerprint density at radius 2 is 0.903 bits per heavy atom. The van der Waals surface area contributed by atoms with Crippen molar-refractivity contribution in [3.05, 3.63) is 159 Å². The second kappa shape index (κ2) is 53.5. The molecule has 4 aromatic heterocycles. The van der Waals surface area contributed by atoms with E-state index in [9.17, 15) is 52.7 Å². The van der Waals surface area contributed by atoms with Crippen LogP contribution in [0.3, 0.4) is 0 Å². The first kappa shape index (κ1) is 109. The number of nitrogens with zero attached hydrogens (tertiary/aromatic N) is 7. The van der Waals surface area contributed by atoms with Crippen molar-refractivity contribution in [2.45, 2.75) is 221 Å². The maximum atomic E-state index is 14.0. The van der Waals surface area contributed by atoms with Crippen molar-refractivity contribution in [1.82, 2.24) is 46.5 Å². The summed E-state index contributed by atoms with van der Waals surface area (Å²) in [5.41, 5.74) is 67.5. The summed E-state index contributed by atoms with van der Waals surface area (Å²) in [5, 5.41) is 16.7. The summed E-state index contributed by atoms with van der Waals surface area (Å²) in [6, 6.07) is 22.3. The highest BCUT2D eigenvalue weighted by atomic mass is 32.1. The predicted molar refractivity (Wildman–Crippen MR) is 536 cm³/mol. The van der Waals surface area contributed by atoms with Gasteiger partial charge in [-0.1, -0.05) is 130 Å². The van der Waals surface area contributed by atoms with Crippen LogP contribution in [-0.4, -0.2) is 182 Å². The molecule has 0 radical (unpaired) electrons. The third-order valence-electron chi connectivity index (χ3n) is 22.5. The Balaban J connectivity index is 0.000000277. The summed E-state index contributed by atoms with van der Waals surface area (Å²) in [6.07, 6.45) is 17.0. The van der Waals surface area contributed by atoms with Crippen LogP contribution >= 0.6 is 34.0 Å². The fourth-order valence-electron chi connectivity index (χ4n) is 15.7. The molecule has 1 aliphatic carbocycles. The number of amides is 4. The third kappa shape index (κ3) is 34.0. The minimum atomic E-state index is -0.862. The number of H-pyrrole nitrogens is 1. The molecule has 1 aliphatic heterocycles. The number of nitrogens with one attached hydrogen (secondary N) is 6. The average molecular weight is 1900 g/mol. The topological polar surface area (TPSA) is 638 Å². The fraction of sp³-hybridized carbons (Fsp3) is 0.479. The van der Waals surface area contributed by atoms with Crippen molar-refractivity contribution in [1.29, 1.82) is 0 Å². The van der Waals surface area contributed by atoms with Crippen molar-refractivity contribution >= 4 is 164 Å². The van der Waals surface area contributed by atoms with Gasteiger partial charge in [-0.05, 0) is 180 Å². The molecule has 35 nitrogen and oxygen atoms in total. The lowest BCUT2D eigenvalue weighted by Crippen LogP contribution is -2.49. The van der Waals surface area contributed by atoms with Gasteiger partial charge in [0.05, 0.1) is 79.0 Å². The summed E-state index contributed by atoms with van der Waals surface area (Å²) in [6.45, 7) is 18.3. The lowest BCUT2D eigenvalue weighted by Gasteiger charge is -2.24. The Morgan fingerprint density at radius 3 is 1.40 bits per heavy atom. The number of hydrogen-bond donors (Lipinski definition) is 17. The molecule has 10 rings (SSSR count). The number of allylic oxidation sites excluding steroid dienone is 2. The molecule has 5 heterocycles. The van der Waals surface area contributed by atoms with Gasteiger partial charge in [-0.3, -0.25) is 72.7 Å². The smallest absolute Gasteiger partial charge is 0.251 e. The van der Waals surface area contributed by atoms with Crippen LogP contribution in [0, 0.1) is 47.3 Å². The van der Waals surface area contributed by atoms with Gasteiger partial charge < -0.3 is 94.6 Å². The molecule has 12 atom stereocenters. The zero-order chi connectivity index (χ0) is 97.3. The van der Waals surface area contributed by atoms with Crippen LogP contribution in [0.1, 0.15) is 211 Å². The third-order valence-corrected chi connectivity index (χ3v) is 25.7. The number of carbonyl (C=O) groups excluding carboxylic acids is 11. The van der Waals surface area contributed by atoms with Crippen LogP contribution < -0.4 is 89.7 Å². The molecular weight excluding hydrogens is 1760 g/mol. The van der Waals surface area contributed by atoms with E-state index < -0.39 is 71.9 Å². The van der Waals surface area contributed by atoms with Gasteiger partial charge in [0.2, 0.25) is 29.3 Å². The number of nitrogens with two attached hydrogens (primary N) is 11. The lowest BCUT2D eigenvalue weighted by atomic mass is 9.87. The number of aliphatic imine (C=N–C) groups is 4. The van der Waals surface area contributed by atoms with E-state index in [2.05, 4.69) is 78.6 Å². The standard InChI is InChI=1S/C38H52N8O5S.C31H39N7O3S.C26H41N9O3S.CH4/c1-20(2)15-30(44-36(51)27(39)16-25-19-43-28-11-7-6-10-26(25)28)31(48)17-23(9-8-14-42-38(40)41)34(49)37-45-29-13-12-24(18-32(29)52-37)35(50)46-33(21(3)4)22(5)47;1-18(2)14-19(16-26(39)22(32)15-20-17-36-23-9-4-3-8-21(20)23)29(41)37-25(11-7-13-35-31(33)34)28(40)30-38-24-10-5-6-12-27(24)42-30;1-15(2)13-16(14-20(36)17(27)7-5-11-32-25(28)29)23(38)34-19(9-6-12-33-26(30)31)22(37)24-35-18-8-3-4-10-21(18)39-24;/h6-7,10-13,18-21,23,26-28,30,33,43H,8-9,14-17,39H2,1-5H3,(H,44,51)(H,46,50)(H4,40,41,42);3-6,8-10,12,17-19,22,25,36H,7,11,13-16,32H2,1-2H3,(H,37,41)(H4,33,34,35);3-4,8,10,15-17,19H,5-7,9,11-14,27H2,1-2H3,(H,34,38)(H4,28,29,32)(H4,30,31,33);1H4/t23-,26?,27+,28?,30+,33+;19-,22+,25+;16-,17+,19+;/m111./s1. The molecule has 4 aromatic carbocycles. The van der Waals surface area contributed by atoms with Crippen molar-refractivity contribution < 1.29 is 52.7 Å². The van der Waals surface area contributed by atoms with E-state index in [4.69, 9.17) is 63.1 Å². The Kier molecular flexibility index (Phi) is 43.4. The average Bonchev–Trinajstić information content (AvgIpc) is 1.68. The summed E-state index contributed by atoms with van der Waals surface area (Å²) in [5.74, 6) is -5.04. The number of carbonyl (C=O) groups is 11. The van der Waals surface area contributed by atoms with Gasteiger partial charge >= 0.3 is 0 Å². The van der Waals surface area contributed by atoms with E-state index in [1.807, 2.05) is 153 Å². The molecule has 134 heavy (non-hydrogen) atoms. The summed E-state index contributed by atoms with van der Waals surface area (Å²) >= 11 is 3.70. The van der Waals surface area contributed by atoms with Crippen LogP contribution in [0.25, 0.3) is 41.6 Å². The van der Waals surface area contributed by atoms with Gasteiger partial charge in [0.1, 0.15) is 5.78 Å². The molecule has 2 unspecified atom stereocenters. The molecule has 8 aromatic rings. The number of Topliss-reactive ketones (excluding diaryl/α,β-unsaturated/α-hetero) is 7. The monoisotopic (exact) mass is 1900 g/mol. The highest BCUT2D eigenvalue weighted by Crippen LogP contribution is 2.33. The Hall–Kier alpha value is -12.4. The Labute approximate surface area is 794 Å². The number of para-hydroxylation sites is 3. The first-order valence-electron chi connectivity index (χ1n) is 45.1. The zero-order valence-electron chi connectivity index (χ0n) is 77.2. The van der Waals surface area contributed by atoms with Gasteiger partial charge in [0.25, 0.3) is 5.91 Å². The van der Waals surface area contributed by atoms with Crippen LogP contribution in [-0.2, 0) is 40.0 Å². The molecule has 0 saturated heterocycles. The van der Waals surface area contributed by atoms with Crippen LogP contribution in [0.15, 0.2) is 153 Å². The number of ketones is 7. The fourth-order valence-corrected chi connectivity index (χ4v) is 18.7.